The number of hydrogen-bond acceptors (Lipinski definition) is 5. The Morgan fingerprint density at radius 2 is 1.71 bits per heavy atom. The highest BCUT2D eigenvalue weighted by Gasteiger charge is 2.19. The van der Waals surface area contributed by atoms with E-state index in [1.54, 1.807) is 24.3 Å². The van der Waals surface area contributed by atoms with E-state index in [4.69, 9.17) is 4.74 Å². The Hall–Kier alpha value is -2.90. The average molecular weight is 479 g/mol. The number of amides is 2. The minimum Gasteiger partial charge on any atom is -0.460 e. The third-order valence-corrected chi connectivity index (χ3v) is 7.13. The minimum atomic E-state index is -0.343. The van der Waals surface area contributed by atoms with E-state index >= 15 is 0 Å². The summed E-state index contributed by atoms with van der Waals surface area (Å²) >= 11 is 0. The third kappa shape index (κ3) is 7.54. The third-order valence-electron chi connectivity index (χ3n) is 7.13. The van der Waals surface area contributed by atoms with Crippen LogP contribution in [0.1, 0.15) is 66.4 Å². The number of nitrogens with zero attached hydrogens (tertiary/aromatic N) is 1. The van der Waals surface area contributed by atoms with E-state index in [0.29, 0.717) is 30.4 Å². The Balaban J connectivity index is 1.24. The zero-order valence-electron chi connectivity index (χ0n) is 20.7. The molecule has 1 atom stereocenters. The summed E-state index contributed by atoms with van der Waals surface area (Å²) in [4.78, 5) is 27.2. The lowest BCUT2D eigenvalue weighted by atomic mass is 9.94. The normalized spacial score (nSPS) is 18.4. The van der Waals surface area contributed by atoms with E-state index < -0.39 is 0 Å². The molecule has 35 heavy (non-hydrogen) atoms. The molecule has 1 saturated carbocycles. The summed E-state index contributed by atoms with van der Waals surface area (Å²) in [5, 5.41) is 9.12. The number of urea groups is 1. The van der Waals surface area contributed by atoms with Crippen LogP contribution in [0.3, 0.4) is 0 Å². The van der Waals surface area contributed by atoms with Gasteiger partial charge in [0, 0.05) is 30.9 Å². The molecule has 1 aliphatic heterocycles. The Labute approximate surface area is 208 Å². The Morgan fingerprint density at radius 3 is 2.43 bits per heavy atom. The number of hydrogen-bond donors (Lipinski definition) is 3. The van der Waals surface area contributed by atoms with Crippen LogP contribution in [0.25, 0.3) is 0 Å². The molecule has 1 aliphatic carbocycles. The SMILES string of the molecule is CN(Cc1ccccc1CNC(=O)Nc1ccc(C(=O)OCC2CCCN2)cc1)C1CCCCC1. The molecule has 3 N–H and O–H groups in total. The van der Waals surface area contributed by atoms with Gasteiger partial charge >= 0.3 is 12.0 Å². The molecular formula is C28H38N4O3. The molecule has 0 bridgehead atoms. The summed E-state index contributed by atoms with van der Waals surface area (Å²) in [6.07, 6.45) is 8.68. The summed E-state index contributed by atoms with van der Waals surface area (Å²) in [5.74, 6) is -0.343. The van der Waals surface area contributed by atoms with E-state index in [1.165, 1.54) is 37.7 Å². The first-order valence-corrected chi connectivity index (χ1v) is 12.9. The molecule has 2 aromatic rings. The molecular weight excluding hydrogens is 440 g/mol. The Morgan fingerprint density at radius 1 is 0.971 bits per heavy atom. The van der Waals surface area contributed by atoms with Crippen LogP contribution in [0, 0.1) is 0 Å². The summed E-state index contributed by atoms with van der Waals surface area (Å²) in [7, 11) is 2.21. The maximum atomic E-state index is 12.5. The van der Waals surface area contributed by atoms with E-state index in [1.807, 2.05) is 6.07 Å². The van der Waals surface area contributed by atoms with Gasteiger partial charge in [-0.25, -0.2) is 9.59 Å². The van der Waals surface area contributed by atoms with Crippen LogP contribution in [0.4, 0.5) is 10.5 Å². The maximum absolute atomic E-state index is 12.5. The number of esters is 1. The van der Waals surface area contributed by atoms with Crippen molar-refractivity contribution < 1.29 is 14.3 Å². The van der Waals surface area contributed by atoms with Crippen molar-refractivity contribution in [2.24, 2.45) is 0 Å². The van der Waals surface area contributed by atoms with Crippen molar-refractivity contribution in [3.63, 3.8) is 0 Å². The topological polar surface area (TPSA) is 82.7 Å². The number of anilines is 1. The molecule has 1 heterocycles. The monoisotopic (exact) mass is 478 g/mol. The van der Waals surface area contributed by atoms with Gasteiger partial charge < -0.3 is 20.7 Å². The lowest BCUT2D eigenvalue weighted by molar-refractivity contribution is 0.0473. The fraction of sp³-hybridized carbons (Fsp3) is 0.500. The van der Waals surface area contributed by atoms with Gasteiger partial charge in [0.15, 0.2) is 0 Å². The second-order valence-electron chi connectivity index (χ2n) is 9.75. The predicted molar refractivity (Wildman–Crippen MR) is 138 cm³/mol. The number of carbonyl (C=O) groups is 2. The fourth-order valence-corrected chi connectivity index (χ4v) is 5.00. The average Bonchev–Trinajstić information content (AvgIpc) is 3.41. The summed E-state index contributed by atoms with van der Waals surface area (Å²) in [6.45, 7) is 2.71. The van der Waals surface area contributed by atoms with Crippen LogP contribution < -0.4 is 16.0 Å². The highest BCUT2D eigenvalue weighted by Crippen LogP contribution is 2.23. The quantitative estimate of drug-likeness (QED) is 0.456. The molecule has 2 aliphatic rings. The van der Waals surface area contributed by atoms with Gasteiger partial charge in [0.05, 0.1) is 5.56 Å². The van der Waals surface area contributed by atoms with Crippen molar-refractivity contribution in [2.45, 2.75) is 70.1 Å². The van der Waals surface area contributed by atoms with Crippen LogP contribution in [0.5, 0.6) is 0 Å². The van der Waals surface area contributed by atoms with Crippen molar-refractivity contribution in [1.29, 1.82) is 0 Å². The molecule has 2 amide bonds. The number of nitrogens with one attached hydrogen (secondary N) is 3. The first kappa shape index (κ1) is 25.2. The highest BCUT2D eigenvalue weighted by atomic mass is 16.5. The molecule has 1 saturated heterocycles. The van der Waals surface area contributed by atoms with Crippen LogP contribution in [0.2, 0.25) is 0 Å². The molecule has 0 spiro atoms. The summed E-state index contributed by atoms with van der Waals surface area (Å²) in [6, 6.07) is 15.7. The van der Waals surface area contributed by atoms with Gasteiger partial charge in [-0.15, -0.1) is 0 Å². The largest absolute Gasteiger partial charge is 0.460 e. The minimum absolute atomic E-state index is 0.251. The van der Waals surface area contributed by atoms with Gasteiger partial charge in [-0.3, -0.25) is 4.90 Å². The lowest BCUT2D eigenvalue weighted by Crippen LogP contribution is -2.33. The molecule has 2 fully saturated rings. The van der Waals surface area contributed by atoms with Crippen LogP contribution in [-0.4, -0.2) is 49.2 Å². The Bertz CT molecular complexity index is 966. The standard InChI is InChI=1S/C28H38N4O3/c1-32(26-11-3-2-4-12-26)19-23-9-6-5-8-22(23)18-30-28(34)31-24-15-13-21(14-16-24)27(33)35-20-25-10-7-17-29-25/h5-6,8-9,13-16,25-26,29H,2-4,7,10-12,17-20H2,1H3,(H2,30,31,34). The van der Waals surface area contributed by atoms with E-state index in [-0.39, 0.29) is 18.0 Å². The molecule has 2 aromatic carbocycles. The first-order chi connectivity index (χ1) is 17.1. The van der Waals surface area contributed by atoms with E-state index in [9.17, 15) is 9.59 Å². The number of benzene rings is 2. The molecule has 0 radical (unpaired) electrons. The molecule has 7 nitrogen and oxygen atoms in total. The van der Waals surface area contributed by atoms with Crippen molar-refractivity contribution in [3.8, 4) is 0 Å². The predicted octanol–water partition coefficient (Wildman–Crippen LogP) is 4.68. The van der Waals surface area contributed by atoms with Gasteiger partial charge in [0.25, 0.3) is 0 Å². The molecule has 1 unspecified atom stereocenters. The van der Waals surface area contributed by atoms with Gasteiger partial charge in [0.1, 0.15) is 6.61 Å². The lowest BCUT2D eigenvalue weighted by Gasteiger charge is -2.31. The number of carbonyl (C=O) groups excluding carboxylic acids is 2. The van der Waals surface area contributed by atoms with Crippen molar-refractivity contribution in [1.82, 2.24) is 15.5 Å². The van der Waals surface area contributed by atoms with Gasteiger partial charge in [0.2, 0.25) is 0 Å². The van der Waals surface area contributed by atoms with Crippen molar-refractivity contribution in [2.75, 3.05) is 25.5 Å². The van der Waals surface area contributed by atoms with E-state index in [0.717, 1.165) is 31.5 Å². The zero-order chi connectivity index (χ0) is 24.5. The molecule has 188 valence electrons. The van der Waals surface area contributed by atoms with Crippen LogP contribution in [0.15, 0.2) is 48.5 Å². The van der Waals surface area contributed by atoms with E-state index in [2.05, 4.69) is 46.1 Å². The summed E-state index contributed by atoms with van der Waals surface area (Å²) < 4.78 is 5.39. The fourth-order valence-electron chi connectivity index (χ4n) is 5.00. The Kier molecular flexibility index (Phi) is 9.15. The smallest absolute Gasteiger partial charge is 0.338 e. The first-order valence-electron chi connectivity index (χ1n) is 12.9. The van der Waals surface area contributed by atoms with Crippen LogP contribution in [-0.2, 0) is 17.8 Å². The molecule has 0 aromatic heterocycles. The van der Waals surface area contributed by atoms with Gasteiger partial charge in [-0.1, -0.05) is 43.5 Å². The number of ether oxygens (including phenoxy) is 1. The second kappa shape index (κ2) is 12.7. The maximum Gasteiger partial charge on any atom is 0.338 e. The highest BCUT2D eigenvalue weighted by molar-refractivity contribution is 5.92. The molecule has 4 rings (SSSR count). The zero-order valence-corrected chi connectivity index (χ0v) is 20.7. The summed E-state index contributed by atoms with van der Waals surface area (Å²) in [5.41, 5.74) is 3.48. The van der Waals surface area contributed by atoms with Gasteiger partial charge in [-0.2, -0.15) is 0 Å². The van der Waals surface area contributed by atoms with Crippen molar-refractivity contribution in [3.05, 3.63) is 65.2 Å². The van der Waals surface area contributed by atoms with Gasteiger partial charge in [-0.05, 0) is 74.7 Å². The number of rotatable bonds is 9. The molecule has 7 heteroatoms. The van der Waals surface area contributed by atoms with Crippen molar-refractivity contribution >= 4 is 17.7 Å². The second-order valence-corrected chi connectivity index (χ2v) is 9.75. The van der Waals surface area contributed by atoms with Crippen LogP contribution >= 0.6 is 0 Å².